The number of aliphatic hydroxyl groups excluding tert-OH is 1. The van der Waals surface area contributed by atoms with Crippen LogP contribution in [-0.2, 0) is 0 Å². The molecule has 0 spiro atoms. The van der Waals surface area contributed by atoms with E-state index in [0.717, 1.165) is 0 Å². The van der Waals surface area contributed by atoms with E-state index >= 15 is 0 Å². The molecule has 1 aromatic rings. The lowest BCUT2D eigenvalue weighted by Gasteiger charge is -2.22. The highest BCUT2D eigenvalue weighted by Gasteiger charge is 2.23. The van der Waals surface area contributed by atoms with E-state index < -0.39 is 17.7 Å². The van der Waals surface area contributed by atoms with Crippen molar-refractivity contribution in [3.63, 3.8) is 0 Å². The fourth-order valence-electron chi connectivity index (χ4n) is 2.85. The molecular weight excluding hydrogens is 248 g/mol. The summed E-state index contributed by atoms with van der Waals surface area (Å²) in [4.78, 5) is 0. The number of hydrogen-bond acceptors (Lipinski definition) is 2. The Morgan fingerprint density at radius 1 is 1.26 bits per heavy atom. The van der Waals surface area contributed by atoms with Crippen molar-refractivity contribution in [3.05, 3.63) is 35.4 Å². The molecule has 0 amide bonds. The van der Waals surface area contributed by atoms with Crippen LogP contribution in [0.2, 0.25) is 0 Å². The van der Waals surface area contributed by atoms with E-state index in [-0.39, 0.29) is 18.2 Å². The Kier molecular flexibility index (Phi) is 4.88. The molecular formula is C15H21F2NO. The van der Waals surface area contributed by atoms with E-state index in [1.807, 2.05) is 0 Å². The van der Waals surface area contributed by atoms with Gasteiger partial charge in [0.1, 0.15) is 11.6 Å². The van der Waals surface area contributed by atoms with Crippen molar-refractivity contribution < 1.29 is 13.9 Å². The molecule has 106 valence electrons. The van der Waals surface area contributed by atoms with Crippen molar-refractivity contribution >= 4 is 0 Å². The molecule has 2 atom stereocenters. The van der Waals surface area contributed by atoms with Crippen LogP contribution in [0.1, 0.15) is 44.3 Å². The molecule has 0 aromatic heterocycles. The third-order valence-corrected chi connectivity index (χ3v) is 4.07. The predicted molar refractivity (Wildman–Crippen MR) is 70.7 cm³/mol. The van der Waals surface area contributed by atoms with Gasteiger partial charge in [-0.15, -0.1) is 0 Å². The van der Waals surface area contributed by atoms with Gasteiger partial charge in [0.2, 0.25) is 0 Å². The van der Waals surface area contributed by atoms with Crippen LogP contribution in [0.4, 0.5) is 8.78 Å². The van der Waals surface area contributed by atoms with Gasteiger partial charge in [0, 0.05) is 12.6 Å². The minimum atomic E-state index is -1.15. The summed E-state index contributed by atoms with van der Waals surface area (Å²) in [7, 11) is 0. The lowest BCUT2D eigenvalue weighted by molar-refractivity contribution is 0.156. The van der Waals surface area contributed by atoms with E-state index in [2.05, 4.69) is 12.2 Å². The van der Waals surface area contributed by atoms with Crippen LogP contribution in [0.5, 0.6) is 0 Å². The molecule has 0 heterocycles. The third kappa shape index (κ3) is 3.51. The van der Waals surface area contributed by atoms with Crippen molar-refractivity contribution in [2.24, 2.45) is 5.92 Å². The standard InChI is InChI=1S/C15H21F2NO/c1-10(11-5-2-3-6-11)18-9-14(19)15-12(16)7-4-8-13(15)17/h4,7-8,10-11,14,18-19H,2-3,5-6,9H2,1H3/t10-,14?/m0/s1. The summed E-state index contributed by atoms with van der Waals surface area (Å²) < 4.78 is 27.0. The molecule has 19 heavy (non-hydrogen) atoms. The zero-order valence-corrected chi connectivity index (χ0v) is 11.2. The normalized spacial score (nSPS) is 19.6. The summed E-state index contributed by atoms with van der Waals surface area (Å²) in [6.07, 6.45) is 3.74. The van der Waals surface area contributed by atoms with Gasteiger partial charge in [0.05, 0.1) is 11.7 Å². The fraction of sp³-hybridized carbons (Fsp3) is 0.600. The second-order valence-corrected chi connectivity index (χ2v) is 5.39. The first-order valence-electron chi connectivity index (χ1n) is 6.95. The first-order valence-corrected chi connectivity index (χ1v) is 6.95. The molecule has 1 aromatic carbocycles. The monoisotopic (exact) mass is 269 g/mol. The Bertz CT molecular complexity index is 398. The predicted octanol–water partition coefficient (Wildman–Crippen LogP) is 3.17. The maximum atomic E-state index is 13.5. The summed E-state index contributed by atoms with van der Waals surface area (Å²) >= 11 is 0. The summed E-state index contributed by atoms with van der Waals surface area (Å²) in [5.41, 5.74) is -0.242. The average molecular weight is 269 g/mol. The van der Waals surface area contributed by atoms with Crippen molar-refractivity contribution in [1.82, 2.24) is 5.32 Å². The molecule has 2 N–H and O–H groups in total. The number of hydrogen-bond donors (Lipinski definition) is 2. The second kappa shape index (κ2) is 6.44. The lowest BCUT2D eigenvalue weighted by Crippen LogP contribution is -2.35. The minimum Gasteiger partial charge on any atom is -0.387 e. The summed E-state index contributed by atoms with van der Waals surface area (Å²) in [6.45, 7) is 2.25. The van der Waals surface area contributed by atoms with Gasteiger partial charge in [0.25, 0.3) is 0 Å². The lowest BCUT2D eigenvalue weighted by atomic mass is 9.99. The van der Waals surface area contributed by atoms with Gasteiger partial charge in [-0.25, -0.2) is 8.78 Å². The SMILES string of the molecule is C[C@H](NCC(O)c1c(F)cccc1F)C1CCCC1. The van der Waals surface area contributed by atoms with E-state index in [9.17, 15) is 13.9 Å². The summed E-state index contributed by atoms with van der Waals surface area (Å²) in [5.74, 6) is -0.775. The van der Waals surface area contributed by atoms with Gasteiger partial charge < -0.3 is 10.4 Å². The highest BCUT2D eigenvalue weighted by molar-refractivity contribution is 5.22. The van der Waals surface area contributed by atoms with Crippen LogP contribution in [0.3, 0.4) is 0 Å². The second-order valence-electron chi connectivity index (χ2n) is 5.39. The smallest absolute Gasteiger partial charge is 0.131 e. The van der Waals surface area contributed by atoms with Crippen molar-refractivity contribution in [2.45, 2.75) is 44.8 Å². The maximum absolute atomic E-state index is 13.5. The van der Waals surface area contributed by atoms with E-state index in [1.54, 1.807) is 0 Å². The zero-order chi connectivity index (χ0) is 13.8. The topological polar surface area (TPSA) is 32.3 Å². The number of rotatable bonds is 5. The van der Waals surface area contributed by atoms with E-state index in [1.165, 1.54) is 43.9 Å². The van der Waals surface area contributed by atoms with Crippen LogP contribution in [-0.4, -0.2) is 17.7 Å². The number of nitrogens with one attached hydrogen (secondary N) is 1. The largest absolute Gasteiger partial charge is 0.387 e. The Balaban J connectivity index is 1.91. The highest BCUT2D eigenvalue weighted by Crippen LogP contribution is 2.28. The Hall–Kier alpha value is -1.00. The molecule has 1 saturated carbocycles. The van der Waals surface area contributed by atoms with Gasteiger partial charge in [-0.3, -0.25) is 0 Å². The molecule has 2 rings (SSSR count). The summed E-state index contributed by atoms with van der Waals surface area (Å²) in [5, 5.41) is 13.1. The minimum absolute atomic E-state index is 0.176. The van der Waals surface area contributed by atoms with E-state index in [0.29, 0.717) is 5.92 Å². The van der Waals surface area contributed by atoms with Gasteiger partial charge >= 0.3 is 0 Å². The Morgan fingerprint density at radius 3 is 2.42 bits per heavy atom. The molecule has 1 fully saturated rings. The molecule has 4 heteroatoms. The van der Waals surface area contributed by atoms with Gasteiger partial charge in [-0.2, -0.15) is 0 Å². The Morgan fingerprint density at radius 2 is 1.84 bits per heavy atom. The van der Waals surface area contributed by atoms with Crippen molar-refractivity contribution in [2.75, 3.05) is 6.54 Å². The van der Waals surface area contributed by atoms with Crippen molar-refractivity contribution in [1.29, 1.82) is 0 Å². The van der Waals surface area contributed by atoms with Crippen molar-refractivity contribution in [3.8, 4) is 0 Å². The molecule has 0 saturated heterocycles. The molecule has 0 radical (unpaired) electrons. The number of aliphatic hydroxyl groups is 1. The van der Waals surface area contributed by atoms with Crippen LogP contribution in [0.15, 0.2) is 18.2 Å². The number of halogens is 2. The van der Waals surface area contributed by atoms with E-state index in [4.69, 9.17) is 0 Å². The maximum Gasteiger partial charge on any atom is 0.131 e. The molecule has 0 bridgehead atoms. The molecule has 1 aliphatic carbocycles. The molecule has 1 unspecified atom stereocenters. The van der Waals surface area contributed by atoms with Crippen LogP contribution < -0.4 is 5.32 Å². The van der Waals surface area contributed by atoms with Gasteiger partial charge in [-0.1, -0.05) is 18.9 Å². The van der Waals surface area contributed by atoms with Crippen LogP contribution >= 0.6 is 0 Å². The zero-order valence-electron chi connectivity index (χ0n) is 11.2. The average Bonchev–Trinajstić information content (AvgIpc) is 2.89. The Labute approximate surface area is 112 Å². The molecule has 0 aliphatic heterocycles. The first-order chi connectivity index (χ1) is 9.09. The van der Waals surface area contributed by atoms with Gasteiger partial charge in [0.15, 0.2) is 0 Å². The summed E-state index contributed by atoms with van der Waals surface area (Å²) in [6, 6.07) is 3.91. The first kappa shape index (κ1) is 14.4. The number of benzene rings is 1. The van der Waals surface area contributed by atoms with Crippen LogP contribution in [0, 0.1) is 17.6 Å². The molecule has 2 nitrogen and oxygen atoms in total. The van der Waals surface area contributed by atoms with Gasteiger partial charge in [-0.05, 0) is 37.8 Å². The van der Waals surface area contributed by atoms with Crippen LogP contribution in [0.25, 0.3) is 0 Å². The quantitative estimate of drug-likeness (QED) is 0.860. The fourth-order valence-corrected chi connectivity index (χ4v) is 2.85. The highest BCUT2D eigenvalue weighted by atomic mass is 19.1. The third-order valence-electron chi connectivity index (χ3n) is 4.07. The molecule has 1 aliphatic rings.